The van der Waals surface area contributed by atoms with Gasteiger partial charge in [0.2, 0.25) is 0 Å². The van der Waals surface area contributed by atoms with Crippen molar-refractivity contribution in [3.63, 3.8) is 0 Å². The first-order chi connectivity index (χ1) is 17.0. The molecule has 3 aliphatic rings. The van der Waals surface area contributed by atoms with Gasteiger partial charge < -0.3 is 15.0 Å². The molecule has 2 aromatic heterocycles. The molecule has 6 nitrogen and oxygen atoms in total. The molecule has 6 rings (SSSR count). The molecule has 1 N–H and O–H groups in total. The highest BCUT2D eigenvalue weighted by molar-refractivity contribution is 5.72. The number of benzene rings is 1. The Morgan fingerprint density at radius 3 is 2.71 bits per heavy atom. The predicted octanol–water partition coefficient (Wildman–Crippen LogP) is 4.48. The van der Waals surface area contributed by atoms with Crippen molar-refractivity contribution in [1.82, 2.24) is 20.3 Å². The minimum atomic E-state index is -0.589. The van der Waals surface area contributed by atoms with Crippen LogP contribution in [0.25, 0.3) is 11.3 Å². The largest absolute Gasteiger partial charge is 0.486 e. The number of ether oxygens (including phenoxy) is 1. The van der Waals surface area contributed by atoms with E-state index in [0.717, 1.165) is 18.4 Å². The Labute approximate surface area is 203 Å². The fourth-order valence-electron chi connectivity index (χ4n) is 5.83. The van der Waals surface area contributed by atoms with E-state index in [2.05, 4.69) is 31.2 Å². The van der Waals surface area contributed by atoms with Crippen LogP contribution in [0.3, 0.4) is 0 Å². The van der Waals surface area contributed by atoms with Crippen molar-refractivity contribution in [3.05, 3.63) is 65.4 Å². The van der Waals surface area contributed by atoms with Crippen LogP contribution in [0.4, 0.5) is 14.5 Å². The van der Waals surface area contributed by atoms with Gasteiger partial charge in [-0.15, -0.1) is 0 Å². The van der Waals surface area contributed by atoms with Gasteiger partial charge in [0.15, 0.2) is 17.4 Å². The molecule has 2 aliphatic heterocycles. The van der Waals surface area contributed by atoms with E-state index in [1.54, 1.807) is 6.07 Å². The summed E-state index contributed by atoms with van der Waals surface area (Å²) < 4.78 is 35.3. The van der Waals surface area contributed by atoms with E-state index in [9.17, 15) is 8.78 Å². The Balaban J connectivity index is 1.26. The van der Waals surface area contributed by atoms with Gasteiger partial charge in [0.25, 0.3) is 0 Å². The van der Waals surface area contributed by atoms with Crippen LogP contribution in [-0.2, 0) is 6.42 Å². The first kappa shape index (κ1) is 22.3. The molecule has 182 valence electrons. The summed E-state index contributed by atoms with van der Waals surface area (Å²) in [4.78, 5) is 15.4. The molecule has 1 aliphatic carbocycles. The average Bonchev–Trinajstić information content (AvgIpc) is 3.49. The number of hydrogen-bond donors (Lipinski definition) is 1. The number of aromatic nitrogens is 3. The van der Waals surface area contributed by atoms with Crippen LogP contribution < -0.4 is 15.0 Å². The van der Waals surface area contributed by atoms with Gasteiger partial charge in [0.1, 0.15) is 18.1 Å². The Morgan fingerprint density at radius 2 is 2.00 bits per heavy atom. The lowest BCUT2D eigenvalue weighted by Crippen LogP contribution is -2.38. The van der Waals surface area contributed by atoms with E-state index < -0.39 is 11.6 Å². The molecule has 4 heterocycles. The molecular weight excluding hydrogens is 448 g/mol. The summed E-state index contributed by atoms with van der Waals surface area (Å²) in [5.74, 6) is 0.818. The number of pyridine rings is 1. The van der Waals surface area contributed by atoms with E-state index in [4.69, 9.17) is 4.74 Å². The van der Waals surface area contributed by atoms with E-state index in [1.807, 2.05) is 26.1 Å². The standard InChI is InChI=1S/C27H29F2N5O/c1-15(2)34-5-6-35-27-22(28)8-17(9-24(27)34)26-23(29)14-32-25(33-26)11-19-4-3-16(12-30-19)21-10-20-7-18(21)13-31-20/h3-4,8-9,12,14-15,18,20-21,31H,5-7,10-11,13H2,1-2H3. The van der Waals surface area contributed by atoms with Crippen molar-refractivity contribution in [3.8, 4) is 17.0 Å². The smallest absolute Gasteiger partial charge is 0.178 e. The molecule has 0 radical (unpaired) electrons. The third-order valence-corrected chi connectivity index (χ3v) is 7.58. The Bertz CT molecular complexity index is 1250. The summed E-state index contributed by atoms with van der Waals surface area (Å²) >= 11 is 0. The maximum Gasteiger partial charge on any atom is 0.178 e. The van der Waals surface area contributed by atoms with E-state index in [-0.39, 0.29) is 17.5 Å². The second-order valence-corrected chi connectivity index (χ2v) is 10.1. The fourth-order valence-corrected chi connectivity index (χ4v) is 5.83. The summed E-state index contributed by atoms with van der Waals surface area (Å²) in [6.07, 6.45) is 5.92. The zero-order valence-corrected chi connectivity index (χ0v) is 20.0. The molecule has 1 saturated carbocycles. The lowest BCUT2D eigenvalue weighted by Gasteiger charge is -2.34. The van der Waals surface area contributed by atoms with Crippen LogP contribution in [0, 0.1) is 17.6 Å². The molecule has 3 aromatic rings. The van der Waals surface area contributed by atoms with Gasteiger partial charge >= 0.3 is 0 Å². The summed E-state index contributed by atoms with van der Waals surface area (Å²) in [6, 6.07) is 8.00. The second kappa shape index (κ2) is 8.82. The normalized spacial score (nSPS) is 23.0. The minimum Gasteiger partial charge on any atom is -0.486 e. The zero-order chi connectivity index (χ0) is 24.1. The molecule has 8 heteroatoms. The van der Waals surface area contributed by atoms with Crippen LogP contribution in [0.5, 0.6) is 5.75 Å². The fraction of sp³-hybridized carbons (Fsp3) is 0.444. The maximum absolute atomic E-state index is 14.9. The molecular formula is C27H29F2N5O. The summed E-state index contributed by atoms with van der Waals surface area (Å²) in [5, 5.41) is 3.55. The number of halogens is 2. The molecule has 0 spiro atoms. The van der Waals surface area contributed by atoms with E-state index in [0.29, 0.717) is 54.5 Å². The Hall–Kier alpha value is -3.13. The van der Waals surface area contributed by atoms with Gasteiger partial charge in [0.05, 0.1) is 24.8 Å². The van der Waals surface area contributed by atoms with Gasteiger partial charge in [-0.25, -0.2) is 18.7 Å². The van der Waals surface area contributed by atoms with Gasteiger partial charge in [-0.1, -0.05) is 6.07 Å². The lowest BCUT2D eigenvalue weighted by molar-refractivity contribution is 0.287. The number of rotatable bonds is 5. The van der Waals surface area contributed by atoms with Gasteiger partial charge in [-0.3, -0.25) is 4.98 Å². The topological polar surface area (TPSA) is 63.2 Å². The number of nitrogens with zero attached hydrogens (tertiary/aromatic N) is 4. The SMILES string of the molecule is CC(C)N1CCOc2c(F)cc(-c3nc(Cc4ccc(C5CC6CC5CN6)cn4)ncc3F)cc21. The Kier molecular flexibility index (Phi) is 5.63. The molecule has 0 amide bonds. The highest BCUT2D eigenvalue weighted by Crippen LogP contribution is 2.43. The monoisotopic (exact) mass is 477 g/mol. The van der Waals surface area contributed by atoms with Gasteiger partial charge in [0, 0.05) is 29.5 Å². The van der Waals surface area contributed by atoms with Crippen molar-refractivity contribution < 1.29 is 13.5 Å². The molecule has 2 fully saturated rings. The van der Waals surface area contributed by atoms with Crippen LogP contribution in [-0.4, -0.2) is 46.7 Å². The van der Waals surface area contributed by atoms with Crippen molar-refractivity contribution in [2.24, 2.45) is 5.92 Å². The van der Waals surface area contributed by atoms with Gasteiger partial charge in [-0.05, 0) is 68.8 Å². The maximum atomic E-state index is 14.9. The van der Waals surface area contributed by atoms with Crippen LogP contribution in [0.15, 0.2) is 36.7 Å². The summed E-state index contributed by atoms with van der Waals surface area (Å²) in [5.41, 5.74) is 3.17. The number of hydrogen-bond acceptors (Lipinski definition) is 6. The first-order valence-electron chi connectivity index (χ1n) is 12.4. The average molecular weight is 478 g/mol. The molecule has 3 unspecified atom stereocenters. The highest BCUT2D eigenvalue weighted by atomic mass is 19.1. The third-order valence-electron chi connectivity index (χ3n) is 7.58. The second-order valence-electron chi connectivity index (χ2n) is 10.1. The van der Waals surface area contributed by atoms with Gasteiger partial charge in [-0.2, -0.15) is 0 Å². The van der Waals surface area contributed by atoms with Crippen molar-refractivity contribution >= 4 is 5.69 Å². The minimum absolute atomic E-state index is 0.0806. The first-order valence-corrected chi connectivity index (χ1v) is 12.4. The molecule has 35 heavy (non-hydrogen) atoms. The highest BCUT2D eigenvalue weighted by Gasteiger charge is 2.40. The van der Waals surface area contributed by atoms with Crippen LogP contribution in [0.2, 0.25) is 0 Å². The van der Waals surface area contributed by atoms with Crippen molar-refractivity contribution in [1.29, 1.82) is 0 Å². The zero-order valence-electron chi connectivity index (χ0n) is 20.0. The van der Waals surface area contributed by atoms with E-state index >= 15 is 0 Å². The van der Waals surface area contributed by atoms with Crippen molar-refractivity contribution in [2.45, 2.75) is 51.1 Å². The van der Waals surface area contributed by atoms with Crippen LogP contribution >= 0.6 is 0 Å². The Morgan fingerprint density at radius 1 is 1.11 bits per heavy atom. The number of fused-ring (bicyclic) bond motifs is 3. The van der Waals surface area contributed by atoms with Crippen LogP contribution in [0.1, 0.15) is 49.7 Å². The third kappa shape index (κ3) is 4.14. The lowest BCUT2D eigenvalue weighted by atomic mass is 9.89. The number of nitrogens with one attached hydrogen (secondary N) is 1. The predicted molar refractivity (Wildman–Crippen MR) is 130 cm³/mol. The molecule has 1 aromatic carbocycles. The van der Waals surface area contributed by atoms with Crippen molar-refractivity contribution in [2.75, 3.05) is 24.6 Å². The van der Waals surface area contributed by atoms with E-state index in [1.165, 1.54) is 24.5 Å². The molecule has 3 atom stereocenters. The summed E-state index contributed by atoms with van der Waals surface area (Å²) in [7, 11) is 0. The quantitative estimate of drug-likeness (QED) is 0.585. The number of anilines is 1. The molecule has 1 saturated heterocycles. The molecule has 2 bridgehead atoms. The number of piperidine rings is 1. The summed E-state index contributed by atoms with van der Waals surface area (Å²) in [6.45, 7) is 6.22.